The van der Waals surface area contributed by atoms with Gasteiger partial charge in [0, 0.05) is 0 Å². The predicted molar refractivity (Wildman–Crippen MR) is 72.5 cm³/mol. The third kappa shape index (κ3) is 3.02. The molecule has 2 aromatic rings. The van der Waals surface area contributed by atoms with Gasteiger partial charge in [-0.15, -0.1) is 0 Å². The molecule has 0 unspecified atom stereocenters. The van der Waals surface area contributed by atoms with Gasteiger partial charge in [-0.1, -0.05) is 0 Å². The molecule has 2 aromatic carbocycles. The van der Waals surface area contributed by atoms with E-state index in [0.29, 0.717) is 0 Å². The number of anilines is 2. The summed E-state index contributed by atoms with van der Waals surface area (Å²) in [5.41, 5.74) is -3.89. The van der Waals surface area contributed by atoms with Crippen LogP contribution < -0.4 is 4.90 Å². The van der Waals surface area contributed by atoms with Crippen molar-refractivity contribution in [3.05, 3.63) is 58.2 Å². The minimum atomic E-state index is -2.58. The van der Waals surface area contributed by atoms with Crippen LogP contribution in [0.2, 0.25) is 0 Å². The zero-order valence-corrected chi connectivity index (χ0v) is 15.2. The van der Waals surface area contributed by atoms with Crippen LogP contribution in [0.4, 0.5) is 55.3 Å². The maximum absolute atomic E-state index is 13.9. The van der Waals surface area contributed by atoms with Crippen molar-refractivity contribution in [1.29, 1.82) is 0 Å². The van der Waals surface area contributed by atoms with Crippen LogP contribution in [0.15, 0.2) is 0 Å². The molecule has 0 aliphatic heterocycles. The fourth-order valence-electron chi connectivity index (χ4n) is 1.88. The van der Waals surface area contributed by atoms with Gasteiger partial charge in [-0.25, -0.2) is 0 Å². The fourth-order valence-corrected chi connectivity index (χ4v) is 2.69. The Morgan fingerprint density at radius 3 is 0.885 bits per heavy atom. The monoisotopic (exact) mass is 521 g/mol. The number of hydrogen-bond acceptors (Lipinski definition) is 1. The summed E-state index contributed by atoms with van der Waals surface area (Å²) in [6.07, 6.45) is 0. The van der Waals surface area contributed by atoms with Crippen molar-refractivity contribution >= 4 is 46.4 Å². The van der Waals surface area contributed by atoms with Gasteiger partial charge in [-0.3, -0.25) is 0 Å². The quantitative estimate of drug-likeness (QED) is 0.261. The molecule has 13 heteroatoms. The van der Waals surface area contributed by atoms with E-state index >= 15 is 0 Å². The Labute approximate surface area is 153 Å². The van der Waals surface area contributed by atoms with Crippen LogP contribution in [0.5, 0.6) is 0 Å². The molecule has 0 bridgehead atoms. The molecule has 0 saturated heterocycles. The third-order valence-corrected chi connectivity index (χ3v) is 3.81. The van der Waals surface area contributed by atoms with Crippen LogP contribution in [0.25, 0.3) is 0 Å². The second-order valence-corrected chi connectivity index (χ2v) is 7.63. The first-order chi connectivity index (χ1) is 11.9. The van der Waals surface area contributed by atoms with Gasteiger partial charge < -0.3 is 0 Å². The van der Waals surface area contributed by atoms with Crippen LogP contribution in [-0.2, 0) is 0 Å². The second kappa shape index (κ2) is 7.22. The summed E-state index contributed by atoms with van der Waals surface area (Å²) in [6, 6.07) is 0. The molecule has 26 heavy (non-hydrogen) atoms. The second-order valence-electron chi connectivity index (χ2n) is 4.46. The predicted octanol–water partition coefficient (Wildman–Crippen LogP) is 3.37. The zero-order chi connectivity index (χ0) is 20.1. The van der Waals surface area contributed by atoms with E-state index in [0.717, 1.165) is 0 Å². The summed E-state index contributed by atoms with van der Waals surface area (Å²) < 4.78 is 135. The number of benzene rings is 2. The Hall–Kier alpha value is -1.55. The molecule has 0 radical (unpaired) electrons. The summed E-state index contributed by atoms with van der Waals surface area (Å²) in [7, 11) is 0. The first kappa shape index (κ1) is 20.8. The van der Waals surface area contributed by atoms with E-state index in [1.54, 1.807) is 0 Å². The molecule has 0 fully saturated rings. The van der Waals surface area contributed by atoms with E-state index in [4.69, 9.17) is 0 Å². The topological polar surface area (TPSA) is 3.24 Å². The molecule has 0 aliphatic rings. The van der Waals surface area contributed by atoms with Crippen molar-refractivity contribution in [2.75, 3.05) is 4.90 Å². The average molecular weight is 519 g/mol. The van der Waals surface area contributed by atoms with Gasteiger partial charge in [0.15, 0.2) is 0 Å². The molecule has 0 amide bonds. The maximum atomic E-state index is 13.9. The number of nitrogens with zero attached hydrogens (tertiary/aromatic N) is 1. The molecule has 2 rings (SSSR count). The summed E-state index contributed by atoms with van der Waals surface area (Å²) in [6.45, 7) is 0. The molecular weight excluding hydrogens is 518 g/mol. The third-order valence-electron chi connectivity index (χ3n) is 3.01. The zero-order valence-electron chi connectivity index (χ0n) is 11.6. The summed E-state index contributed by atoms with van der Waals surface area (Å²) in [5.74, 6) is -25.3. The van der Waals surface area contributed by atoms with E-state index in [1.165, 1.54) is 16.0 Å². The first-order valence-electron chi connectivity index (χ1n) is 5.99. The Morgan fingerprint density at radius 1 is 0.500 bits per heavy atom. The van der Waals surface area contributed by atoms with E-state index in [9.17, 15) is 43.9 Å². The first-order valence-corrected chi connectivity index (χ1v) is 7.78. The molecule has 0 saturated carbocycles. The van der Waals surface area contributed by atoms with Gasteiger partial charge in [0.05, 0.1) is 0 Å². The van der Waals surface area contributed by atoms with Gasteiger partial charge in [-0.2, -0.15) is 0 Å². The van der Waals surface area contributed by atoms with E-state index in [1.807, 2.05) is 15.6 Å². The summed E-state index contributed by atoms with van der Waals surface area (Å²) in [5, 5.41) is 0. The van der Waals surface area contributed by atoms with Crippen LogP contribution in [0, 0.1) is 58.2 Å². The normalized spacial score (nSPS) is 11.0. The van der Waals surface area contributed by atoms with Crippen LogP contribution in [0.3, 0.4) is 0 Å². The Morgan fingerprint density at radius 2 is 0.692 bits per heavy atom. The Bertz CT molecular complexity index is 818. The van der Waals surface area contributed by atoms with Crippen LogP contribution >= 0.6 is 0 Å². The number of rotatable bonds is 3. The number of halogens is 10. The molecule has 0 aliphatic carbocycles. The summed E-state index contributed by atoms with van der Waals surface area (Å²) in [4.78, 5) is -0.369. The van der Waals surface area contributed by atoms with Crippen LogP contribution in [-0.4, -0.2) is 35.0 Å². The molecule has 140 valence electrons. The van der Waals surface area contributed by atoms with Gasteiger partial charge in [0.1, 0.15) is 0 Å². The van der Waals surface area contributed by atoms with Crippen molar-refractivity contribution in [1.82, 2.24) is 0 Å². The van der Waals surface area contributed by atoms with Crippen molar-refractivity contribution in [3.63, 3.8) is 0 Å². The van der Waals surface area contributed by atoms with Gasteiger partial charge in [0.2, 0.25) is 0 Å². The molecule has 0 atom stereocenters. The fraction of sp³-hybridized carbons (Fsp3) is 0. The molecular formula is C13HF10NSe2. The van der Waals surface area contributed by atoms with E-state index in [-0.39, 0.29) is 4.90 Å². The molecule has 1 nitrogen and oxygen atoms in total. The van der Waals surface area contributed by atoms with Crippen molar-refractivity contribution in [2.45, 2.75) is 0 Å². The molecule has 0 spiro atoms. The van der Waals surface area contributed by atoms with Crippen LogP contribution in [0.1, 0.15) is 0 Å². The SMILES string of the molecule is Fc1c(F)c(F)c(N(C(=[Se])[SeH])c2c(F)c(F)c(F)c(F)c2F)c(F)c1F. The Kier molecular flexibility index (Phi) is 5.77. The minimum absolute atomic E-state index is 0.369. The standard InChI is InChI=1S/C13HF10NSe2/c14-1-3(16)7(20)11(8(21)4(1)17)24(13(25)26)12-9(22)5(18)2(15)6(19)10(12)23/h(H,25,26). The van der Waals surface area contributed by atoms with Gasteiger partial charge in [0.25, 0.3) is 0 Å². The van der Waals surface area contributed by atoms with Crippen molar-refractivity contribution in [3.8, 4) is 0 Å². The molecule has 0 heterocycles. The Balaban J connectivity index is 2.99. The van der Waals surface area contributed by atoms with Crippen molar-refractivity contribution in [2.24, 2.45) is 0 Å². The molecule has 0 N–H and O–H groups in total. The van der Waals surface area contributed by atoms with E-state index in [2.05, 4.69) is 0 Å². The summed E-state index contributed by atoms with van der Waals surface area (Å²) >= 11 is 3.29. The van der Waals surface area contributed by atoms with E-state index < -0.39 is 73.0 Å². The average Bonchev–Trinajstić information content (AvgIpc) is 2.60. The van der Waals surface area contributed by atoms with Gasteiger partial charge >= 0.3 is 153 Å². The van der Waals surface area contributed by atoms with Gasteiger partial charge in [-0.05, 0) is 0 Å². The molecule has 0 aromatic heterocycles. The van der Waals surface area contributed by atoms with Crippen molar-refractivity contribution < 1.29 is 43.9 Å². The number of hydrogen-bond donors (Lipinski definition) is 0.